The first-order valence-corrected chi connectivity index (χ1v) is 3.33. The topological polar surface area (TPSA) is 17.8 Å². The number of rotatable bonds is 0. The summed E-state index contributed by atoms with van der Waals surface area (Å²) in [5, 5.41) is 0.627. The predicted octanol–water partition coefficient (Wildman–Crippen LogP) is 1.71. The van der Waals surface area contributed by atoms with Crippen molar-refractivity contribution in [2.24, 2.45) is 7.05 Å². The Kier molecular flexibility index (Phi) is 1.18. The molecule has 0 fully saturated rings. The highest BCUT2D eigenvalue weighted by Crippen LogP contribution is 2.16. The molecule has 2 aromatic heterocycles. The predicted molar refractivity (Wildman–Crippen MR) is 40.7 cm³/mol. The number of hydrogen-bond donors (Lipinski definition) is 0. The van der Waals surface area contributed by atoms with Gasteiger partial charge in [-0.15, -0.1) is 0 Å². The van der Waals surface area contributed by atoms with Crippen LogP contribution in [-0.2, 0) is 7.05 Å². The van der Waals surface area contributed by atoms with E-state index in [1.807, 2.05) is 0 Å². The van der Waals surface area contributed by atoms with Gasteiger partial charge in [-0.2, -0.15) is 0 Å². The van der Waals surface area contributed by atoms with Gasteiger partial charge in [-0.25, -0.2) is 4.39 Å². The lowest BCUT2D eigenvalue weighted by Gasteiger charge is -1.91. The molecule has 2 rings (SSSR count). The lowest BCUT2D eigenvalue weighted by atomic mass is 10.3. The van der Waals surface area contributed by atoms with Crippen LogP contribution in [0, 0.1) is 5.82 Å². The molecule has 0 aliphatic heterocycles. The van der Waals surface area contributed by atoms with Crippen LogP contribution in [0.25, 0.3) is 10.9 Å². The van der Waals surface area contributed by atoms with Crippen molar-refractivity contribution in [3.05, 3.63) is 30.5 Å². The van der Waals surface area contributed by atoms with Gasteiger partial charge in [0, 0.05) is 24.8 Å². The van der Waals surface area contributed by atoms with Crippen molar-refractivity contribution < 1.29 is 4.39 Å². The highest BCUT2D eigenvalue weighted by atomic mass is 19.1. The van der Waals surface area contributed by atoms with E-state index < -0.39 is 0 Å². The van der Waals surface area contributed by atoms with Gasteiger partial charge < -0.3 is 4.57 Å². The van der Waals surface area contributed by atoms with E-state index in [9.17, 15) is 4.39 Å². The second-order valence-electron chi connectivity index (χ2n) is 2.48. The molecule has 56 valence electrons. The van der Waals surface area contributed by atoms with Gasteiger partial charge in [0.25, 0.3) is 0 Å². The highest BCUT2D eigenvalue weighted by molar-refractivity contribution is 5.79. The van der Waals surface area contributed by atoms with Crippen LogP contribution in [0.3, 0.4) is 0 Å². The van der Waals surface area contributed by atoms with E-state index in [0.717, 1.165) is 5.52 Å². The molecule has 0 aliphatic rings. The van der Waals surface area contributed by atoms with Crippen molar-refractivity contribution in [3.8, 4) is 0 Å². The largest absolute Gasteiger partial charge is 0.346 e. The molecule has 0 saturated carbocycles. The van der Waals surface area contributed by atoms with Gasteiger partial charge in [-0.05, 0) is 6.07 Å². The molecule has 0 amide bonds. The van der Waals surface area contributed by atoms with Crippen molar-refractivity contribution in [1.29, 1.82) is 0 Å². The standard InChI is InChI=1S/C8H7FN2/c1-11-5-7(9)6-2-3-10-4-8(6)11/h2-5H,1H3. The van der Waals surface area contributed by atoms with Crippen LogP contribution < -0.4 is 0 Å². The van der Waals surface area contributed by atoms with Crippen molar-refractivity contribution in [2.75, 3.05) is 0 Å². The van der Waals surface area contributed by atoms with E-state index in [1.54, 1.807) is 30.1 Å². The van der Waals surface area contributed by atoms with E-state index in [4.69, 9.17) is 0 Å². The Bertz CT molecular complexity index is 356. The number of pyridine rings is 1. The summed E-state index contributed by atoms with van der Waals surface area (Å²) in [5.74, 6) is -0.190. The summed E-state index contributed by atoms with van der Waals surface area (Å²) in [6.45, 7) is 0. The monoisotopic (exact) mass is 150 g/mol. The first-order chi connectivity index (χ1) is 5.29. The summed E-state index contributed by atoms with van der Waals surface area (Å²) in [4.78, 5) is 3.90. The maximum atomic E-state index is 13.0. The van der Waals surface area contributed by atoms with E-state index in [1.165, 1.54) is 6.20 Å². The Morgan fingerprint density at radius 1 is 1.55 bits per heavy atom. The molecule has 0 bridgehead atoms. The van der Waals surface area contributed by atoms with Gasteiger partial charge >= 0.3 is 0 Å². The van der Waals surface area contributed by atoms with E-state index in [-0.39, 0.29) is 5.82 Å². The second kappa shape index (κ2) is 2.05. The lowest BCUT2D eigenvalue weighted by molar-refractivity contribution is 0.633. The maximum absolute atomic E-state index is 13.0. The molecule has 0 radical (unpaired) electrons. The van der Waals surface area contributed by atoms with Crippen LogP contribution in [-0.4, -0.2) is 9.55 Å². The second-order valence-corrected chi connectivity index (χ2v) is 2.48. The first kappa shape index (κ1) is 6.34. The number of aryl methyl sites for hydroxylation is 1. The molecule has 0 N–H and O–H groups in total. The number of aromatic nitrogens is 2. The van der Waals surface area contributed by atoms with Gasteiger partial charge in [0.2, 0.25) is 0 Å². The zero-order valence-corrected chi connectivity index (χ0v) is 6.08. The summed E-state index contributed by atoms with van der Waals surface area (Å²) >= 11 is 0. The van der Waals surface area contributed by atoms with Crippen LogP contribution >= 0.6 is 0 Å². The Balaban J connectivity index is 2.95. The Hall–Kier alpha value is -1.38. The van der Waals surface area contributed by atoms with Gasteiger partial charge in [0.15, 0.2) is 0 Å². The minimum Gasteiger partial charge on any atom is -0.346 e. The van der Waals surface area contributed by atoms with Crippen molar-refractivity contribution >= 4 is 10.9 Å². The van der Waals surface area contributed by atoms with Crippen molar-refractivity contribution in [1.82, 2.24) is 9.55 Å². The SMILES string of the molecule is Cn1cc(F)c2ccncc21. The Morgan fingerprint density at radius 3 is 3.09 bits per heavy atom. The van der Waals surface area contributed by atoms with Crippen molar-refractivity contribution in [3.63, 3.8) is 0 Å². The van der Waals surface area contributed by atoms with E-state index >= 15 is 0 Å². The molecule has 0 spiro atoms. The molecule has 2 aromatic rings. The normalized spacial score (nSPS) is 10.7. The number of fused-ring (bicyclic) bond motifs is 1. The van der Waals surface area contributed by atoms with Crippen LogP contribution in [0.15, 0.2) is 24.7 Å². The molecule has 2 nitrogen and oxygen atoms in total. The molecule has 0 atom stereocenters. The average molecular weight is 150 g/mol. The Morgan fingerprint density at radius 2 is 2.36 bits per heavy atom. The van der Waals surface area contributed by atoms with Gasteiger partial charge in [0.05, 0.1) is 11.7 Å². The third-order valence-electron chi connectivity index (χ3n) is 1.74. The zero-order chi connectivity index (χ0) is 7.84. The number of hydrogen-bond acceptors (Lipinski definition) is 1. The molecule has 0 saturated heterocycles. The van der Waals surface area contributed by atoms with Gasteiger partial charge in [0.1, 0.15) is 5.82 Å². The smallest absolute Gasteiger partial charge is 0.148 e. The lowest BCUT2D eigenvalue weighted by Crippen LogP contribution is -1.83. The van der Waals surface area contributed by atoms with Crippen LogP contribution in [0.1, 0.15) is 0 Å². The molecule has 0 unspecified atom stereocenters. The average Bonchev–Trinajstić information content (AvgIpc) is 2.30. The molecular weight excluding hydrogens is 143 g/mol. The minimum absolute atomic E-state index is 0.190. The third-order valence-corrected chi connectivity index (χ3v) is 1.74. The molecule has 2 heterocycles. The summed E-state index contributed by atoms with van der Waals surface area (Å²) in [6.07, 6.45) is 4.69. The number of nitrogens with zero attached hydrogens (tertiary/aromatic N) is 2. The van der Waals surface area contributed by atoms with Crippen LogP contribution in [0.2, 0.25) is 0 Å². The van der Waals surface area contributed by atoms with Crippen molar-refractivity contribution in [2.45, 2.75) is 0 Å². The summed E-state index contributed by atoms with van der Waals surface area (Å²) in [6, 6.07) is 1.67. The first-order valence-electron chi connectivity index (χ1n) is 3.33. The van der Waals surface area contributed by atoms with E-state index in [2.05, 4.69) is 4.98 Å². The summed E-state index contributed by atoms with van der Waals surface area (Å²) in [5.41, 5.74) is 0.824. The quantitative estimate of drug-likeness (QED) is 0.559. The fraction of sp³-hybridized carbons (Fsp3) is 0.125. The van der Waals surface area contributed by atoms with Crippen LogP contribution in [0.4, 0.5) is 4.39 Å². The molecular formula is C8H7FN2. The molecule has 0 aromatic carbocycles. The number of halogens is 1. The van der Waals surface area contributed by atoms with Crippen LogP contribution in [0.5, 0.6) is 0 Å². The summed E-state index contributed by atoms with van der Waals surface area (Å²) < 4.78 is 14.7. The maximum Gasteiger partial charge on any atom is 0.148 e. The van der Waals surface area contributed by atoms with Gasteiger partial charge in [-0.1, -0.05) is 0 Å². The molecule has 11 heavy (non-hydrogen) atoms. The third kappa shape index (κ3) is 0.808. The fourth-order valence-electron chi connectivity index (χ4n) is 1.18. The highest BCUT2D eigenvalue weighted by Gasteiger charge is 2.03. The van der Waals surface area contributed by atoms with E-state index in [0.29, 0.717) is 5.39 Å². The Labute approximate surface area is 63.3 Å². The molecule has 3 heteroatoms. The fourth-order valence-corrected chi connectivity index (χ4v) is 1.18. The summed E-state index contributed by atoms with van der Waals surface area (Å²) in [7, 11) is 1.80. The zero-order valence-electron chi connectivity index (χ0n) is 6.08. The van der Waals surface area contributed by atoms with Gasteiger partial charge in [-0.3, -0.25) is 4.98 Å². The minimum atomic E-state index is -0.190. The molecule has 0 aliphatic carbocycles.